The third-order valence-corrected chi connectivity index (χ3v) is 3.75. The predicted octanol–water partition coefficient (Wildman–Crippen LogP) is 1.98. The van der Waals surface area contributed by atoms with Gasteiger partial charge in [0.1, 0.15) is 5.82 Å². The average Bonchev–Trinajstić information content (AvgIpc) is 2.46. The maximum Gasteiger partial charge on any atom is 0.337 e. The van der Waals surface area contributed by atoms with Gasteiger partial charge in [0.05, 0.1) is 16.3 Å². The van der Waals surface area contributed by atoms with Crippen LogP contribution in [0.3, 0.4) is 0 Å². The molecule has 0 aliphatic carbocycles. The molecular formula is C15H14ClFN2O4. The molecular weight excluding hydrogens is 327 g/mol. The van der Waals surface area contributed by atoms with Crippen LogP contribution in [0.2, 0.25) is 5.02 Å². The zero-order valence-electron chi connectivity index (χ0n) is 12.5. The summed E-state index contributed by atoms with van der Waals surface area (Å²) in [5.41, 5.74) is -1.80. The van der Waals surface area contributed by atoms with E-state index in [4.69, 9.17) is 16.7 Å². The third kappa shape index (κ3) is 3.05. The van der Waals surface area contributed by atoms with Crippen molar-refractivity contribution < 1.29 is 14.3 Å². The van der Waals surface area contributed by atoms with Gasteiger partial charge >= 0.3 is 11.7 Å². The molecule has 0 saturated carbocycles. The molecule has 6 nitrogen and oxygen atoms in total. The standard InChI is InChI=1S/C15H14ClFN2O4/c1-3-4-8-5-13(20)19(15(23)18(8)2)12-6-9(14(21)22)10(16)7-11(12)17/h5-7H,3-4H2,1-2H3,(H,21,22). The predicted molar refractivity (Wildman–Crippen MR) is 83.2 cm³/mol. The lowest BCUT2D eigenvalue weighted by atomic mass is 10.2. The Labute approximate surface area is 135 Å². The first-order valence-corrected chi connectivity index (χ1v) is 7.20. The van der Waals surface area contributed by atoms with Gasteiger partial charge in [0.2, 0.25) is 0 Å². The van der Waals surface area contributed by atoms with Crippen LogP contribution < -0.4 is 11.2 Å². The van der Waals surface area contributed by atoms with Crippen molar-refractivity contribution >= 4 is 17.6 Å². The number of aromatic carboxylic acids is 1. The van der Waals surface area contributed by atoms with Crippen molar-refractivity contribution in [2.45, 2.75) is 19.8 Å². The first-order valence-electron chi connectivity index (χ1n) is 6.82. The number of carboxylic acid groups (broad SMARTS) is 1. The number of benzene rings is 1. The SMILES string of the molecule is CCCc1cc(=O)n(-c2cc(C(=O)O)c(Cl)cc2F)c(=O)n1C. The van der Waals surface area contributed by atoms with Gasteiger partial charge in [0, 0.05) is 18.8 Å². The van der Waals surface area contributed by atoms with E-state index in [0.29, 0.717) is 16.7 Å². The lowest BCUT2D eigenvalue weighted by Crippen LogP contribution is -2.39. The van der Waals surface area contributed by atoms with E-state index in [-0.39, 0.29) is 5.02 Å². The molecule has 1 heterocycles. The Kier molecular flexibility index (Phi) is 4.70. The Bertz CT molecular complexity index is 902. The van der Waals surface area contributed by atoms with Gasteiger partial charge in [0.15, 0.2) is 0 Å². The normalized spacial score (nSPS) is 10.8. The summed E-state index contributed by atoms with van der Waals surface area (Å²) in [5.74, 6) is -2.34. The van der Waals surface area contributed by atoms with Crippen LogP contribution in [-0.4, -0.2) is 20.2 Å². The monoisotopic (exact) mass is 340 g/mol. The maximum atomic E-state index is 14.1. The smallest absolute Gasteiger partial charge is 0.337 e. The number of halogens is 2. The number of aromatic nitrogens is 2. The molecule has 0 atom stereocenters. The van der Waals surface area contributed by atoms with E-state index in [1.165, 1.54) is 17.7 Å². The largest absolute Gasteiger partial charge is 0.478 e. The van der Waals surface area contributed by atoms with Crippen LogP contribution >= 0.6 is 11.6 Å². The number of carboxylic acids is 1. The minimum atomic E-state index is -1.39. The van der Waals surface area contributed by atoms with Crippen LogP contribution in [0, 0.1) is 5.82 Å². The highest BCUT2D eigenvalue weighted by atomic mass is 35.5. The summed E-state index contributed by atoms with van der Waals surface area (Å²) in [6.07, 6.45) is 1.25. The molecule has 2 aromatic rings. The van der Waals surface area contributed by atoms with E-state index >= 15 is 0 Å². The van der Waals surface area contributed by atoms with Crippen molar-refractivity contribution in [3.63, 3.8) is 0 Å². The van der Waals surface area contributed by atoms with Gasteiger partial charge in [-0.25, -0.2) is 18.5 Å². The van der Waals surface area contributed by atoms with Gasteiger partial charge in [0.25, 0.3) is 5.56 Å². The second kappa shape index (κ2) is 6.37. The highest BCUT2D eigenvalue weighted by Gasteiger charge is 2.18. The van der Waals surface area contributed by atoms with E-state index in [1.54, 1.807) is 0 Å². The van der Waals surface area contributed by atoms with Gasteiger partial charge in [-0.1, -0.05) is 24.9 Å². The summed E-state index contributed by atoms with van der Waals surface area (Å²) in [6.45, 7) is 1.90. The lowest BCUT2D eigenvalue weighted by molar-refractivity contribution is 0.0697. The van der Waals surface area contributed by atoms with Crippen molar-refractivity contribution in [3.05, 3.63) is 61.1 Å². The second-order valence-corrected chi connectivity index (χ2v) is 5.40. The van der Waals surface area contributed by atoms with E-state index in [2.05, 4.69) is 0 Å². The van der Waals surface area contributed by atoms with Crippen LogP contribution in [0.15, 0.2) is 27.8 Å². The van der Waals surface area contributed by atoms with E-state index in [0.717, 1.165) is 18.6 Å². The Morgan fingerprint density at radius 1 is 1.30 bits per heavy atom. The van der Waals surface area contributed by atoms with Gasteiger partial charge < -0.3 is 9.67 Å². The molecule has 0 unspecified atom stereocenters. The zero-order valence-corrected chi connectivity index (χ0v) is 13.2. The number of carbonyl (C=O) groups is 1. The van der Waals surface area contributed by atoms with Gasteiger partial charge in [-0.15, -0.1) is 0 Å². The Morgan fingerprint density at radius 2 is 1.96 bits per heavy atom. The fraction of sp³-hybridized carbons (Fsp3) is 0.267. The molecule has 0 radical (unpaired) electrons. The van der Waals surface area contributed by atoms with Crippen LogP contribution in [-0.2, 0) is 13.5 Å². The van der Waals surface area contributed by atoms with Crippen LogP contribution in [0.5, 0.6) is 0 Å². The van der Waals surface area contributed by atoms with E-state index in [1.807, 2.05) is 6.92 Å². The minimum absolute atomic E-state index is 0.314. The van der Waals surface area contributed by atoms with Crippen molar-refractivity contribution in [3.8, 4) is 5.69 Å². The molecule has 0 spiro atoms. The minimum Gasteiger partial charge on any atom is -0.478 e. The fourth-order valence-electron chi connectivity index (χ4n) is 2.26. The van der Waals surface area contributed by atoms with Crippen LogP contribution in [0.4, 0.5) is 4.39 Å². The third-order valence-electron chi connectivity index (χ3n) is 3.43. The summed E-state index contributed by atoms with van der Waals surface area (Å²) < 4.78 is 16.0. The molecule has 122 valence electrons. The molecule has 8 heteroatoms. The molecule has 0 saturated heterocycles. The molecule has 23 heavy (non-hydrogen) atoms. The first-order chi connectivity index (χ1) is 10.8. The summed E-state index contributed by atoms with van der Waals surface area (Å²) in [7, 11) is 1.47. The highest BCUT2D eigenvalue weighted by Crippen LogP contribution is 2.22. The van der Waals surface area contributed by atoms with Crippen molar-refractivity contribution in [2.24, 2.45) is 7.05 Å². The van der Waals surface area contributed by atoms with Crippen molar-refractivity contribution in [2.75, 3.05) is 0 Å². The Hall–Kier alpha value is -2.41. The number of nitrogens with zero attached hydrogens (tertiary/aromatic N) is 2. The molecule has 0 fully saturated rings. The summed E-state index contributed by atoms with van der Waals surface area (Å²) in [5, 5.41) is 8.74. The van der Waals surface area contributed by atoms with Crippen LogP contribution in [0.1, 0.15) is 29.4 Å². The molecule has 0 aliphatic heterocycles. The van der Waals surface area contributed by atoms with Gasteiger partial charge in [-0.2, -0.15) is 0 Å². The first kappa shape index (κ1) is 17.0. The molecule has 1 aromatic carbocycles. The molecule has 2 rings (SSSR count). The lowest BCUT2D eigenvalue weighted by Gasteiger charge is -2.13. The fourth-order valence-corrected chi connectivity index (χ4v) is 2.49. The number of hydrogen-bond donors (Lipinski definition) is 1. The maximum absolute atomic E-state index is 14.1. The summed E-state index contributed by atoms with van der Waals surface area (Å²) in [6, 6.07) is 2.88. The van der Waals surface area contributed by atoms with Crippen molar-refractivity contribution in [1.29, 1.82) is 0 Å². The Balaban J connectivity index is 2.80. The summed E-state index contributed by atoms with van der Waals surface area (Å²) >= 11 is 5.67. The average molecular weight is 341 g/mol. The van der Waals surface area contributed by atoms with Crippen molar-refractivity contribution in [1.82, 2.24) is 9.13 Å². The van der Waals surface area contributed by atoms with E-state index in [9.17, 15) is 18.8 Å². The molecule has 1 N–H and O–H groups in total. The summed E-state index contributed by atoms with van der Waals surface area (Å²) in [4.78, 5) is 35.7. The number of aryl methyl sites for hydroxylation is 1. The topological polar surface area (TPSA) is 81.3 Å². The molecule has 1 aromatic heterocycles. The molecule has 0 bridgehead atoms. The van der Waals surface area contributed by atoms with E-state index < -0.39 is 34.3 Å². The zero-order chi connectivity index (χ0) is 17.3. The number of hydrogen-bond acceptors (Lipinski definition) is 3. The molecule has 0 aliphatic rings. The van der Waals surface area contributed by atoms with Gasteiger partial charge in [-0.05, 0) is 18.6 Å². The van der Waals surface area contributed by atoms with Crippen LogP contribution in [0.25, 0.3) is 5.69 Å². The quantitative estimate of drug-likeness (QED) is 0.922. The Morgan fingerprint density at radius 3 is 2.52 bits per heavy atom. The second-order valence-electron chi connectivity index (χ2n) is 4.99. The van der Waals surface area contributed by atoms with Gasteiger partial charge in [-0.3, -0.25) is 4.79 Å². The number of rotatable bonds is 4. The highest BCUT2D eigenvalue weighted by molar-refractivity contribution is 6.33. The molecule has 0 amide bonds.